The summed E-state index contributed by atoms with van der Waals surface area (Å²) in [6.07, 6.45) is 2.71. The molecule has 172 valence electrons. The van der Waals surface area contributed by atoms with Gasteiger partial charge in [-0.2, -0.15) is 0 Å². The van der Waals surface area contributed by atoms with Crippen molar-refractivity contribution < 1.29 is 18.7 Å². The second-order valence-corrected chi connectivity index (χ2v) is 8.32. The molecule has 4 nitrogen and oxygen atoms in total. The fraction of sp³-hybridized carbons (Fsp3) is 0.321. The van der Waals surface area contributed by atoms with Gasteiger partial charge >= 0.3 is 5.97 Å². The summed E-state index contributed by atoms with van der Waals surface area (Å²) in [4.78, 5) is 13.9. The number of ether oxygens (including phenoxy) is 2. The Kier molecular flexibility index (Phi) is 7.61. The van der Waals surface area contributed by atoms with Crippen LogP contribution in [0.4, 0.5) is 10.1 Å². The maximum atomic E-state index is 14.5. The second kappa shape index (κ2) is 11.0. The summed E-state index contributed by atoms with van der Waals surface area (Å²) in [7, 11) is 0. The van der Waals surface area contributed by atoms with Crippen LogP contribution in [0.15, 0.2) is 66.7 Å². The molecule has 3 aromatic carbocycles. The van der Waals surface area contributed by atoms with Crippen molar-refractivity contribution in [3.63, 3.8) is 0 Å². The number of aryl methyl sites for hydroxylation is 2. The summed E-state index contributed by atoms with van der Waals surface area (Å²) in [6.45, 7) is 4.38. The second-order valence-electron chi connectivity index (χ2n) is 8.32. The predicted octanol–water partition coefficient (Wildman–Crippen LogP) is 5.85. The number of carbonyl (C=O) groups excluding carboxylic acids is 1. The van der Waals surface area contributed by atoms with Crippen molar-refractivity contribution in [2.75, 3.05) is 18.1 Å². The lowest BCUT2D eigenvalue weighted by Gasteiger charge is -2.32. The number of rotatable bonds is 9. The first kappa shape index (κ1) is 22.8. The Labute approximate surface area is 195 Å². The molecule has 4 rings (SSSR count). The third kappa shape index (κ3) is 6.13. The molecule has 1 aliphatic rings. The van der Waals surface area contributed by atoms with Gasteiger partial charge in [0.1, 0.15) is 18.2 Å². The molecule has 0 N–H and O–H groups in total. The van der Waals surface area contributed by atoms with Crippen molar-refractivity contribution in [1.82, 2.24) is 0 Å². The number of hydrogen-bond donors (Lipinski definition) is 0. The summed E-state index contributed by atoms with van der Waals surface area (Å²) in [5.41, 5.74) is 5.45. The largest absolute Gasteiger partial charge is 0.489 e. The monoisotopic (exact) mass is 447 g/mol. The van der Waals surface area contributed by atoms with E-state index in [4.69, 9.17) is 9.47 Å². The van der Waals surface area contributed by atoms with Gasteiger partial charge in [-0.05, 0) is 60.6 Å². The van der Waals surface area contributed by atoms with Gasteiger partial charge in [0.15, 0.2) is 0 Å². The number of carbonyl (C=O) groups is 1. The number of esters is 1. The zero-order valence-corrected chi connectivity index (χ0v) is 19.1. The van der Waals surface area contributed by atoms with E-state index in [1.807, 2.05) is 6.07 Å². The van der Waals surface area contributed by atoms with Crippen molar-refractivity contribution in [3.8, 4) is 5.75 Å². The summed E-state index contributed by atoms with van der Waals surface area (Å²) < 4.78 is 25.2. The maximum Gasteiger partial charge on any atom is 0.306 e. The zero-order chi connectivity index (χ0) is 23.0. The van der Waals surface area contributed by atoms with Crippen LogP contribution >= 0.6 is 0 Å². The van der Waals surface area contributed by atoms with Gasteiger partial charge in [-0.15, -0.1) is 0 Å². The molecule has 33 heavy (non-hydrogen) atoms. The van der Waals surface area contributed by atoms with E-state index in [2.05, 4.69) is 47.4 Å². The van der Waals surface area contributed by atoms with Crippen LogP contribution in [0.2, 0.25) is 0 Å². The van der Waals surface area contributed by atoms with Gasteiger partial charge < -0.3 is 14.4 Å². The molecule has 1 heterocycles. The third-order valence-corrected chi connectivity index (χ3v) is 5.91. The first-order valence-corrected chi connectivity index (χ1v) is 11.6. The number of nitrogens with zero attached hydrogens (tertiary/aromatic N) is 1. The van der Waals surface area contributed by atoms with Crippen LogP contribution in [-0.2, 0) is 35.5 Å². The molecular formula is C28H30FNO3. The first-order valence-electron chi connectivity index (χ1n) is 11.6. The summed E-state index contributed by atoms with van der Waals surface area (Å²) in [5.74, 6) is -0.200. The molecule has 0 unspecified atom stereocenters. The topological polar surface area (TPSA) is 38.8 Å². The van der Waals surface area contributed by atoms with Crippen molar-refractivity contribution >= 4 is 11.7 Å². The van der Waals surface area contributed by atoms with E-state index in [9.17, 15) is 9.18 Å². The quantitative estimate of drug-likeness (QED) is 0.386. The fourth-order valence-corrected chi connectivity index (χ4v) is 4.21. The Hall–Kier alpha value is -3.34. The molecule has 0 radical (unpaired) electrons. The SMILES string of the molecule is CCOC(=O)CCc1ccc(OCc2ccc3c(c2)N(Cc2ccccc2)CCC3)cc1F. The molecule has 0 saturated heterocycles. The lowest BCUT2D eigenvalue weighted by Crippen LogP contribution is -2.29. The molecule has 0 saturated carbocycles. The first-order chi connectivity index (χ1) is 16.1. The number of anilines is 1. The zero-order valence-electron chi connectivity index (χ0n) is 19.1. The summed E-state index contributed by atoms with van der Waals surface area (Å²) in [6, 6.07) is 21.8. The third-order valence-electron chi connectivity index (χ3n) is 5.91. The lowest BCUT2D eigenvalue weighted by molar-refractivity contribution is -0.143. The van der Waals surface area contributed by atoms with Gasteiger partial charge in [-0.1, -0.05) is 48.5 Å². The van der Waals surface area contributed by atoms with Crippen molar-refractivity contribution in [3.05, 3.63) is 94.8 Å². The average Bonchev–Trinajstić information content (AvgIpc) is 2.83. The molecule has 0 fully saturated rings. The summed E-state index contributed by atoms with van der Waals surface area (Å²) >= 11 is 0. The van der Waals surface area contributed by atoms with E-state index >= 15 is 0 Å². The Morgan fingerprint density at radius 3 is 2.67 bits per heavy atom. The minimum absolute atomic E-state index is 0.166. The predicted molar refractivity (Wildman–Crippen MR) is 128 cm³/mol. The molecule has 0 atom stereocenters. The minimum Gasteiger partial charge on any atom is -0.489 e. The molecule has 0 aliphatic carbocycles. The highest BCUT2D eigenvalue weighted by atomic mass is 19.1. The molecule has 0 aromatic heterocycles. The molecule has 1 aliphatic heterocycles. The highest BCUT2D eigenvalue weighted by molar-refractivity contribution is 5.69. The number of fused-ring (bicyclic) bond motifs is 1. The van der Waals surface area contributed by atoms with Crippen LogP contribution < -0.4 is 9.64 Å². The minimum atomic E-state index is -0.365. The van der Waals surface area contributed by atoms with Gasteiger partial charge in [0.2, 0.25) is 0 Å². The van der Waals surface area contributed by atoms with Crippen LogP contribution in [0.25, 0.3) is 0 Å². The molecular weight excluding hydrogens is 417 g/mol. The molecule has 0 amide bonds. The highest BCUT2D eigenvalue weighted by Crippen LogP contribution is 2.30. The Balaban J connectivity index is 1.39. The average molecular weight is 448 g/mol. The van der Waals surface area contributed by atoms with Crippen LogP contribution in [-0.4, -0.2) is 19.1 Å². The number of hydrogen-bond acceptors (Lipinski definition) is 4. The Morgan fingerprint density at radius 2 is 1.88 bits per heavy atom. The van der Waals surface area contributed by atoms with Gasteiger partial charge in [0, 0.05) is 31.3 Å². The van der Waals surface area contributed by atoms with Crippen LogP contribution in [0.1, 0.15) is 42.0 Å². The van der Waals surface area contributed by atoms with Crippen molar-refractivity contribution in [2.45, 2.75) is 45.8 Å². The van der Waals surface area contributed by atoms with Crippen molar-refractivity contribution in [1.29, 1.82) is 0 Å². The van der Waals surface area contributed by atoms with Gasteiger partial charge in [-0.3, -0.25) is 4.79 Å². The molecule has 5 heteroatoms. The normalized spacial score (nSPS) is 12.8. The van der Waals surface area contributed by atoms with E-state index < -0.39 is 0 Å². The summed E-state index contributed by atoms with van der Waals surface area (Å²) in [5, 5.41) is 0. The van der Waals surface area contributed by atoms with E-state index in [1.54, 1.807) is 19.1 Å². The van der Waals surface area contributed by atoms with E-state index in [0.717, 1.165) is 31.5 Å². The van der Waals surface area contributed by atoms with Gasteiger partial charge in [0.05, 0.1) is 6.61 Å². The molecule has 0 spiro atoms. The van der Waals surface area contributed by atoms with Crippen molar-refractivity contribution in [2.24, 2.45) is 0 Å². The molecule has 3 aromatic rings. The fourth-order valence-electron chi connectivity index (χ4n) is 4.21. The van der Waals surface area contributed by atoms with Gasteiger partial charge in [-0.25, -0.2) is 4.39 Å². The van der Waals surface area contributed by atoms with Crippen LogP contribution in [0, 0.1) is 5.82 Å². The highest BCUT2D eigenvalue weighted by Gasteiger charge is 2.18. The van der Waals surface area contributed by atoms with Crippen LogP contribution in [0.5, 0.6) is 5.75 Å². The van der Waals surface area contributed by atoms with Gasteiger partial charge in [0.25, 0.3) is 0 Å². The smallest absolute Gasteiger partial charge is 0.306 e. The lowest BCUT2D eigenvalue weighted by atomic mass is 9.99. The Bertz CT molecular complexity index is 1080. The molecule has 0 bridgehead atoms. The van der Waals surface area contributed by atoms with E-state index in [0.29, 0.717) is 30.9 Å². The number of benzene rings is 3. The van der Waals surface area contributed by atoms with E-state index in [1.165, 1.54) is 22.9 Å². The van der Waals surface area contributed by atoms with Crippen LogP contribution in [0.3, 0.4) is 0 Å². The standard InChI is InChI=1S/C28H30FNO3/c1-2-32-28(31)15-13-23-12-14-25(18-26(23)29)33-20-22-10-11-24-9-6-16-30(27(24)17-22)19-21-7-4-3-5-8-21/h3-5,7-8,10-12,14,17-18H,2,6,9,13,15-16,19-20H2,1H3. The number of halogens is 1. The maximum absolute atomic E-state index is 14.5. The Morgan fingerprint density at radius 1 is 1.03 bits per heavy atom. The van der Waals surface area contributed by atoms with E-state index in [-0.39, 0.29) is 18.2 Å².